The van der Waals surface area contributed by atoms with Crippen LogP contribution in [0.4, 0.5) is 0 Å². The highest BCUT2D eigenvalue weighted by atomic mass is 32.2. The van der Waals surface area contributed by atoms with E-state index < -0.39 is 17.0 Å². The fourth-order valence-corrected chi connectivity index (χ4v) is 1.32. The van der Waals surface area contributed by atoms with Gasteiger partial charge in [-0.15, -0.1) is 0 Å². The smallest absolute Gasteiger partial charge is 0.307 e. The summed E-state index contributed by atoms with van der Waals surface area (Å²) in [5.41, 5.74) is 0.899. The number of benzene rings is 1. The standard InChI is InChI=1S/C10H12O4S/c11-10(6-7-15(12)13)14-8-9-4-2-1-3-5-9/h1-5H,6-8H2,(H,12,13). The monoisotopic (exact) mass is 228 g/mol. The Balaban J connectivity index is 2.26. The Morgan fingerprint density at radius 2 is 2.00 bits per heavy atom. The van der Waals surface area contributed by atoms with Gasteiger partial charge < -0.3 is 9.29 Å². The molecule has 1 aromatic rings. The molecule has 1 unspecified atom stereocenters. The van der Waals surface area contributed by atoms with Crippen molar-refractivity contribution in [3.05, 3.63) is 35.9 Å². The highest BCUT2D eigenvalue weighted by Gasteiger charge is 2.05. The maximum absolute atomic E-state index is 11.1. The first-order valence-corrected chi connectivity index (χ1v) is 5.73. The number of rotatable bonds is 5. The SMILES string of the molecule is O=C(CCS(=O)O)OCc1ccccc1. The molecule has 0 fully saturated rings. The minimum atomic E-state index is -1.94. The van der Waals surface area contributed by atoms with Gasteiger partial charge >= 0.3 is 5.97 Å². The second-order valence-corrected chi connectivity index (χ2v) is 3.97. The molecule has 0 heterocycles. The third-order valence-electron chi connectivity index (χ3n) is 1.72. The molecule has 0 spiro atoms. The maximum Gasteiger partial charge on any atom is 0.307 e. The van der Waals surface area contributed by atoms with Crippen LogP contribution in [0.15, 0.2) is 30.3 Å². The average Bonchev–Trinajstić information content (AvgIpc) is 2.25. The number of carbonyl (C=O) groups excluding carboxylic acids is 1. The lowest BCUT2D eigenvalue weighted by Crippen LogP contribution is -2.08. The Morgan fingerprint density at radius 1 is 1.33 bits per heavy atom. The highest BCUT2D eigenvalue weighted by Crippen LogP contribution is 2.01. The van der Waals surface area contributed by atoms with Gasteiger partial charge in [0.2, 0.25) is 0 Å². The fourth-order valence-electron chi connectivity index (χ4n) is 0.981. The molecule has 0 bridgehead atoms. The van der Waals surface area contributed by atoms with Crippen LogP contribution in [0.1, 0.15) is 12.0 Å². The van der Waals surface area contributed by atoms with E-state index in [0.717, 1.165) is 5.56 Å². The Kier molecular flexibility index (Phi) is 5.00. The van der Waals surface area contributed by atoms with Crippen molar-refractivity contribution in [3.63, 3.8) is 0 Å². The zero-order valence-corrected chi connectivity index (χ0v) is 8.90. The van der Waals surface area contributed by atoms with E-state index in [1.165, 1.54) is 0 Å². The quantitative estimate of drug-likeness (QED) is 0.610. The summed E-state index contributed by atoms with van der Waals surface area (Å²) >= 11 is -1.94. The van der Waals surface area contributed by atoms with Gasteiger partial charge in [-0.05, 0) is 5.56 Å². The van der Waals surface area contributed by atoms with Gasteiger partial charge in [-0.1, -0.05) is 30.3 Å². The first kappa shape index (κ1) is 11.9. The minimum Gasteiger partial charge on any atom is -0.461 e. The number of hydrogen-bond acceptors (Lipinski definition) is 3. The number of esters is 1. The predicted octanol–water partition coefficient (Wildman–Crippen LogP) is 1.34. The predicted molar refractivity (Wildman–Crippen MR) is 56.5 cm³/mol. The average molecular weight is 228 g/mol. The molecule has 1 atom stereocenters. The van der Waals surface area contributed by atoms with Crippen molar-refractivity contribution in [2.45, 2.75) is 13.0 Å². The first-order valence-electron chi connectivity index (χ1n) is 4.45. The second kappa shape index (κ2) is 6.31. The van der Waals surface area contributed by atoms with Crippen molar-refractivity contribution in [3.8, 4) is 0 Å². The van der Waals surface area contributed by atoms with Gasteiger partial charge in [-0.2, -0.15) is 0 Å². The molecule has 0 saturated heterocycles. The lowest BCUT2D eigenvalue weighted by molar-refractivity contribution is -0.144. The van der Waals surface area contributed by atoms with Crippen LogP contribution in [0.3, 0.4) is 0 Å². The van der Waals surface area contributed by atoms with Crippen molar-refractivity contribution in [1.82, 2.24) is 0 Å². The van der Waals surface area contributed by atoms with E-state index in [2.05, 4.69) is 0 Å². The number of hydrogen-bond donors (Lipinski definition) is 1. The molecular formula is C10H12O4S. The van der Waals surface area contributed by atoms with E-state index in [4.69, 9.17) is 9.29 Å². The van der Waals surface area contributed by atoms with Gasteiger partial charge in [-0.25, -0.2) is 4.21 Å². The summed E-state index contributed by atoms with van der Waals surface area (Å²) in [4.78, 5) is 11.1. The number of ether oxygens (including phenoxy) is 1. The highest BCUT2D eigenvalue weighted by molar-refractivity contribution is 7.79. The van der Waals surface area contributed by atoms with Gasteiger partial charge in [0.15, 0.2) is 11.1 Å². The Morgan fingerprint density at radius 3 is 2.60 bits per heavy atom. The third kappa shape index (κ3) is 5.29. The molecule has 0 aliphatic heterocycles. The second-order valence-electron chi connectivity index (χ2n) is 2.92. The Bertz CT molecular complexity index is 337. The largest absolute Gasteiger partial charge is 0.461 e. The molecule has 0 aromatic heterocycles. The van der Waals surface area contributed by atoms with E-state index in [1.807, 2.05) is 30.3 Å². The Labute approximate surface area is 90.5 Å². The molecule has 5 heteroatoms. The van der Waals surface area contributed by atoms with Crippen LogP contribution >= 0.6 is 0 Å². The van der Waals surface area contributed by atoms with E-state index in [9.17, 15) is 9.00 Å². The summed E-state index contributed by atoms with van der Waals surface area (Å²) in [7, 11) is 0. The molecule has 0 saturated carbocycles. The zero-order valence-electron chi connectivity index (χ0n) is 8.09. The molecule has 82 valence electrons. The fraction of sp³-hybridized carbons (Fsp3) is 0.300. The Hall–Kier alpha value is -1.20. The van der Waals surface area contributed by atoms with Gasteiger partial charge in [0.25, 0.3) is 0 Å². The van der Waals surface area contributed by atoms with E-state index in [1.54, 1.807) is 0 Å². The lowest BCUT2D eigenvalue weighted by Gasteiger charge is -2.03. The van der Waals surface area contributed by atoms with E-state index >= 15 is 0 Å². The lowest BCUT2D eigenvalue weighted by atomic mass is 10.2. The van der Waals surface area contributed by atoms with Crippen LogP contribution in [0.25, 0.3) is 0 Å². The molecule has 1 N–H and O–H groups in total. The van der Waals surface area contributed by atoms with Crippen molar-refractivity contribution in [1.29, 1.82) is 0 Å². The maximum atomic E-state index is 11.1. The van der Waals surface area contributed by atoms with Crippen LogP contribution in [-0.4, -0.2) is 20.5 Å². The molecule has 0 radical (unpaired) electrons. The summed E-state index contributed by atoms with van der Waals surface area (Å²) in [6.45, 7) is 0.206. The van der Waals surface area contributed by atoms with Crippen LogP contribution in [-0.2, 0) is 27.2 Å². The van der Waals surface area contributed by atoms with Crippen LogP contribution in [0.5, 0.6) is 0 Å². The van der Waals surface area contributed by atoms with Crippen molar-refractivity contribution in [2.24, 2.45) is 0 Å². The summed E-state index contributed by atoms with van der Waals surface area (Å²) in [6.07, 6.45) is -0.0318. The summed E-state index contributed by atoms with van der Waals surface area (Å²) < 4.78 is 23.6. The third-order valence-corrected chi connectivity index (χ3v) is 2.28. The van der Waals surface area contributed by atoms with Gasteiger partial charge in [-0.3, -0.25) is 4.79 Å². The van der Waals surface area contributed by atoms with Gasteiger partial charge in [0.1, 0.15) is 6.61 Å². The van der Waals surface area contributed by atoms with Crippen molar-refractivity contribution < 1.29 is 18.3 Å². The molecule has 1 rings (SSSR count). The van der Waals surface area contributed by atoms with Gasteiger partial charge in [0, 0.05) is 0 Å². The van der Waals surface area contributed by atoms with Crippen LogP contribution < -0.4 is 0 Å². The first-order chi connectivity index (χ1) is 7.18. The summed E-state index contributed by atoms with van der Waals surface area (Å²) in [5, 5.41) is 0. The van der Waals surface area contributed by atoms with Gasteiger partial charge in [0.05, 0.1) is 12.2 Å². The summed E-state index contributed by atoms with van der Waals surface area (Å²) in [5.74, 6) is -0.533. The van der Waals surface area contributed by atoms with Crippen LogP contribution in [0, 0.1) is 0 Å². The molecule has 0 amide bonds. The zero-order chi connectivity index (χ0) is 11.1. The molecule has 0 aliphatic carbocycles. The molecular weight excluding hydrogens is 216 g/mol. The molecule has 0 aliphatic rings. The van der Waals surface area contributed by atoms with E-state index in [-0.39, 0.29) is 18.8 Å². The van der Waals surface area contributed by atoms with Crippen molar-refractivity contribution >= 4 is 17.0 Å². The van der Waals surface area contributed by atoms with Crippen LogP contribution in [0.2, 0.25) is 0 Å². The normalized spacial score (nSPS) is 12.1. The minimum absolute atomic E-state index is 0.0318. The molecule has 15 heavy (non-hydrogen) atoms. The number of carbonyl (C=O) groups is 1. The topological polar surface area (TPSA) is 63.6 Å². The molecule has 4 nitrogen and oxygen atoms in total. The van der Waals surface area contributed by atoms with E-state index in [0.29, 0.717) is 0 Å². The van der Waals surface area contributed by atoms with Crippen molar-refractivity contribution in [2.75, 3.05) is 5.75 Å². The summed E-state index contributed by atoms with van der Waals surface area (Å²) in [6, 6.07) is 9.27. The molecule has 1 aromatic carbocycles.